The van der Waals surface area contributed by atoms with Crippen LogP contribution in [0, 0.1) is 13.8 Å². The maximum atomic E-state index is 12.2. The summed E-state index contributed by atoms with van der Waals surface area (Å²) in [5.74, 6) is -0.0266. The van der Waals surface area contributed by atoms with Crippen LogP contribution in [0.25, 0.3) is 0 Å². The topological polar surface area (TPSA) is 77.0 Å². The van der Waals surface area contributed by atoms with Gasteiger partial charge in [0.1, 0.15) is 6.54 Å². The van der Waals surface area contributed by atoms with Gasteiger partial charge in [0.05, 0.1) is 29.3 Å². The number of hydrogen-bond donors (Lipinski definition) is 1. The van der Waals surface area contributed by atoms with Crippen LogP contribution in [-0.2, 0) is 17.9 Å². The number of anilines is 1. The molecule has 6 nitrogen and oxygen atoms in total. The Labute approximate surface area is 118 Å². The van der Waals surface area contributed by atoms with E-state index in [0.29, 0.717) is 12.2 Å². The van der Waals surface area contributed by atoms with Gasteiger partial charge in [-0.25, -0.2) is 0 Å². The molecule has 0 radical (unpaired) electrons. The zero-order valence-corrected chi connectivity index (χ0v) is 12.0. The van der Waals surface area contributed by atoms with Crippen LogP contribution in [0.2, 0.25) is 0 Å². The summed E-state index contributed by atoms with van der Waals surface area (Å²) in [6, 6.07) is 5.65. The molecule has 0 spiro atoms. The molecule has 106 valence electrons. The highest BCUT2D eigenvalue weighted by Crippen LogP contribution is 2.14. The second kappa shape index (κ2) is 5.73. The predicted molar refractivity (Wildman–Crippen MR) is 76.8 cm³/mol. The molecule has 0 atom stereocenters. The van der Waals surface area contributed by atoms with Gasteiger partial charge < -0.3 is 10.6 Å². The van der Waals surface area contributed by atoms with Gasteiger partial charge in [-0.15, -0.1) is 0 Å². The van der Waals surface area contributed by atoms with E-state index in [-0.39, 0.29) is 12.5 Å². The van der Waals surface area contributed by atoms with Crippen molar-refractivity contribution < 1.29 is 4.79 Å². The normalized spacial score (nSPS) is 10.6. The lowest BCUT2D eigenvalue weighted by atomic mass is 10.3. The molecule has 0 fully saturated rings. The molecule has 0 saturated carbocycles. The number of aryl methyl sites for hydroxylation is 1. The number of nitrogen functional groups attached to an aromatic ring is 1. The van der Waals surface area contributed by atoms with Crippen LogP contribution < -0.4 is 5.73 Å². The highest BCUT2D eigenvalue weighted by atomic mass is 16.2. The molecule has 2 aromatic heterocycles. The summed E-state index contributed by atoms with van der Waals surface area (Å²) in [6.07, 6.45) is 1.72. The molecular formula is C14H19N5O. The number of carbonyl (C=O) groups is 1. The molecule has 0 bridgehead atoms. The molecule has 2 heterocycles. The second-order valence-corrected chi connectivity index (χ2v) is 4.81. The molecule has 0 aliphatic heterocycles. The van der Waals surface area contributed by atoms with E-state index >= 15 is 0 Å². The van der Waals surface area contributed by atoms with Crippen molar-refractivity contribution in [3.8, 4) is 0 Å². The first-order valence-electron chi connectivity index (χ1n) is 6.42. The van der Waals surface area contributed by atoms with Crippen molar-refractivity contribution in [3.63, 3.8) is 0 Å². The van der Waals surface area contributed by atoms with E-state index in [9.17, 15) is 4.79 Å². The van der Waals surface area contributed by atoms with Crippen molar-refractivity contribution in [2.24, 2.45) is 0 Å². The molecule has 0 aliphatic carbocycles. The maximum Gasteiger partial charge on any atom is 0.244 e. The minimum atomic E-state index is -0.0266. The molecule has 2 N–H and O–H groups in total. The van der Waals surface area contributed by atoms with E-state index in [1.54, 1.807) is 22.8 Å². The Kier molecular flexibility index (Phi) is 4.02. The Morgan fingerprint density at radius 1 is 1.40 bits per heavy atom. The van der Waals surface area contributed by atoms with Crippen molar-refractivity contribution in [1.82, 2.24) is 19.7 Å². The van der Waals surface area contributed by atoms with Crippen molar-refractivity contribution in [2.75, 3.05) is 12.8 Å². The van der Waals surface area contributed by atoms with Gasteiger partial charge in [-0.2, -0.15) is 5.10 Å². The van der Waals surface area contributed by atoms with E-state index in [0.717, 1.165) is 17.1 Å². The van der Waals surface area contributed by atoms with Gasteiger partial charge in [-0.1, -0.05) is 6.07 Å². The molecule has 0 aromatic carbocycles. The summed E-state index contributed by atoms with van der Waals surface area (Å²) in [4.78, 5) is 18.0. The van der Waals surface area contributed by atoms with Crippen LogP contribution in [0.3, 0.4) is 0 Å². The molecule has 2 aromatic rings. The minimum Gasteiger partial charge on any atom is -0.396 e. The van der Waals surface area contributed by atoms with Gasteiger partial charge in [0, 0.05) is 13.2 Å². The number of rotatable bonds is 4. The first kappa shape index (κ1) is 14.0. The van der Waals surface area contributed by atoms with Gasteiger partial charge in [-0.3, -0.25) is 14.5 Å². The van der Waals surface area contributed by atoms with Gasteiger partial charge in [0.15, 0.2) is 0 Å². The van der Waals surface area contributed by atoms with Crippen LogP contribution in [-0.4, -0.2) is 32.6 Å². The molecule has 2 rings (SSSR count). The van der Waals surface area contributed by atoms with E-state index in [4.69, 9.17) is 5.73 Å². The Morgan fingerprint density at radius 3 is 2.70 bits per heavy atom. The fourth-order valence-electron chi connectivity index (χ4n) is 1.94. The lowest BCUT2D eigenvalue weighted by molar-refractivity contribution is -0.131. The number of aromatic nitrogens is 3. The van der Waals surface area contributed by atoms with E-state index in [2.05, 4.69) is 10.1 Å². The summed E-state index contributed by atoms with van der Waals surface area (Å²) in [7, 11) is 1.76. The smallest absolute Gasteiger partial charge is 0.244 e. The van der Waals surface area contributed by atoms with Crippen LogP contribution in [0.4, 0.5) is 5.69 Å². The van der Waals surface area contributed by atoms with Crippen molar-refractivity contribution in [3.05, 3.63) is 41.5 Å². The molecule has 0 saturated heterocycles. The largest absolute Gasteiger partial charge is 0.396 e. The lowest BCUT2D eigenvalue weighted by Gasteiger charge is -2.17. The van der Waals surface area contributed by atoms with Crippen LogP contribution in [0.15, 0.2) is 24.4 Å². The Morgan fingerprint density at radius 2 is 2.15 bits per heavy atom. The average Bonchev–Trinajstić information content (AvgIpc) is 2.67. The standard InChI is InChI=1S/C14H19N5O/c1-10-14(15)11(2)19(17-10)9-13(20)18(3)8-12-6-4-5-7-16-12/h4-7H,8-9,15H2,1-3H3. The number of hydrogen-bond acceptors (Lipinski definition) is 4. The van der Waals surface area contributed by atoms with E-state index < -0.39 is 0 Å². The average molecular weight is 273 g/mol. The Bertz CT molecular complexity index is 606. The Hall–Kier alpha value is -2.37. The van der Waals surface area contributed by atoms with Crippen molar-refractivity contribution in [2.45, 2.75) is 26.9 Å². The quantitative estimate of drug-likeness (QED) is 0.906. The third-order valence-electron chi connectivity index (χ3n) is 3.27. The lowest BCUT2D eigenvalue weighted by Crippen LogP contribution is -2.30. The molecular weight excluding hydrogens is 254 g/mol. The fraction of sp³-hybridized carbons (Fsp3) is 0.357. The zero-order valence-electron chi connectivity index (χ0n) is 12.0. The number of nitrogens with two attached hydrogens (primary N) is 1. The van der Waals surface area contributed by atoms with Crippen LogP contribution >= 0.6 is 0 Å². The third-order valence-corrected chi connectivity index (χ3v) is 3.27. The van der Waals surface area contributed by atoms with Crippen LogP contribution in [0.1, 0.15) is 17.1 Å². The summed E-state index contributed by atoms with van der Waals surface area (Å²) in [6.45, 7) is 4.37. The number of likely N-dealkylation sites (N-methyl/N-ethyl adjacent to an activating group) is 1. The van der Waals surface area contributed by atoms with Crippen molar-refractivity contribution >= 4 is 11.6 Å². The van der Waals surface area contributed by atoms with Gasteiger partial charge in [-0.05, 0) is 26.0 Å². The molecule has 0 aliphatic rings. The molecule has 6 heteroatoms. The maximum absolute atomic E-state index is 12.2. The molecule has 20 heavy (non-hydrogen) atoms. The fourth-order valence-corrected chi connectivity index (χ4v) is 1.94. The van der Waals surface area contributed by atoms with Crippen LogP contribution in [0.5, 0.6) is 0 Å². The predicted octanol–water partition coefficient (Wildman–Crippen LogP) is 1.14. The number of nitrogens with zero attached hydrogens (tertiary/aromatic N) is 4. The highest BCUT2D eigenvalue weighted by Gasteiger charge is 2.14. The van der Waals surface area contributed by atoms with Gasteiger partial charge in [0.2, 0.25) is 5.91 Å². The first-order chi connectivity index (χ1) is 9.49. The minimum absolute atomic E-state index is 0.0266. The van der Waals surface area contributed by atoms with Gasteiger partial charge in [0.25, 0.3) is 0 Å². The highest BCUT2D eigenvalue weighted by molar-refractivity contribution is 5.75. The first-order valence-corrected chi connectivity index (χ1v) is 6.42. The van der Waals surface area contributed by atoms with E-state index in [1.807, 2.05) is 32.0 Å². The summed E-state index contributed by atoms with van der Waals surface area (Å²) < 4.78 is 1.64. The zero-order chi connectivity index (χ0) is 14.7. The second-order valence-electron chi connectivity index (χ2n) is 4.81. The molecule has 1 amide bonds. The number of carbonyl (C=O) groups excluding carboxylic acids is 1. The monoisotopic (exact) mass is 273 g/mol. The number of pyridine rings is 1. The Balaban J connectivity index is 2.02. The summed E-state index contributed by atoms with van der Waals surface area (Å²) in [5.41, 5.74) is 8.93. The summed E-state index contributed by atoms with van der Waals surface area (Å²) in [5, 5.41) is 4.27. The third kappa shape index (κ3) is 2.96. The molecule has 0 unspecified atom stereocenters. The SMILES string of the molecule is Cc1nn(CC(=O)N(C)Cc2ccccn2)c(C)c1N. The van der Waals surface area contributed by atoms with Crippen molar-refractivity contribution in [1.29, 1.82) is 0 Å². The number of amides is 1. The van der Waals surface area contributed by atoms with Gasteiger partial charge >= 0.3 is 0 Å². The summed E-state index contributed by atoms with van der Waals surface area (Å²) >= 11 is 0. The van der Waals surface area contributed by atoms with E-state index in [1.165, 1.54) is 0 Å².